The number of methoxy groups -OCH3 is 1. The summed E-state index contributed by atoms with van der Waals surface area (Å²) in [6.07, 6.45) is 0.800. The summed E-state index contributed by atoms with van der Waals surface area (Å²) in [7, 11) is 1.66. The van der Waals surface area contributed by atoms with Crippen LogP contribution in [0.1, 0.15) is 23.6 Å². The lowest BCUT2D eigenvalue weighted by Gasteiger charge is -2.27. The molecule has 4 rings (SSSR count). The molecule has 30 heavy (non-hydrogen) atoms. The number of nitrogens with one attached hydrogen (secondary N) is 1. The molecule has 3 aromatic rings. The first-order chi connectivity index (χ1) is 14.7. The zero-order valence-corrected chi connectivity index (χ0v) is 17.6. The lowest BCUT2D eigenvalue weighted by molar-refractivity contribution is -0.126. The van der Waals surface area contributed by atoms with Crippen LogP contribution in [0.3, 0.4) is 0 Å². The van der Waals surface area contributed by atoms with E-state index in [1.165, 1.54) is 27.8 Å². The van der Waals surface area contributed by atoms with Gasteiger partial charge in [0.1, 0.15) is 5.75 Å². The van der Waals surface area contributed by atoms with E-state index < -0.39 is 0 Å². The molecular formula is C26H28N2O2. The van der Waals surface area contributed by atoms with E-state index in [2.05, 4.69) is 58.7 Å². The fraction of sp³-hybridized carbons (Fsp3) is 0.269. The van der Waals surface area contributed by atoms with Crippen LogP contribution in [0.5, 0.6) is 5.75 Å². The molecule has 154 valence electrons. The molecule has 1 aliphatic heterocycles. The summed E-state index contributed by atoms with van der Waals surface area (Å²) in [6, 6.07) is 24.8. The molecule has 1 atom stereocenters. The molecule has 0 saturated carbocycles. The SMILES string of the molecule is COc1ccc(CCNC(=O)C(C)N2Cc3ccccc3-c3ccccc3C2)cc1. The number of fused-ring (bicyclic) bond motifs is 3. The first-order valence-corrected chi connectivity index (χ1v) is 10.5. The minimum atomic E-state index is -0.208. The third kappa shape index (κ3) is 4.39. The van der Waals surface area contributed by atoms with E-state index in [1.807, 2.05) is 31.2 Å². The lowest BCUT2D eigenvalue weighted by atomic mass is 9.97. The molecule has 0 spiro atoms. The van der Waals surface area contributed by atoms with Gasteiger partial charge in [0.15, 0.2) is 0 Å². The van der Waals surface area contributed by atoms with Crippen LogP contribution in [0.4, 0.5) is 0 Å². The Labute approximate surface area is 178 Å². The smallest absolute Gasteiger partial charge is 0.237 e. The van der Waals surface area contributed by atoms with Gasteiger partial charge in [0.2, 0.25) is 5.91 Å². The average molecular weight is 401 g/mol. The minimum Gasteiger partial charge on any atom is -0.497 e. The standard InChI is InChI=1S/C26H28N2O2/c1-19(26(29)27-16-15-20-11-13-23(30-2)14-12-20)28-17-21-7-3-5-9-24(21)25-10-6-4-8-22(25)18-28/h3-14,19H,15-18H2,1-2H3,(H,27,29). The normalized spacial score (nSPS) is 14.2. The molecular weight excluding hydrogens is 372 g/mol. The second-order valence-electron chi connectivity index (χ2n) is 7.78. The van der Waals surface area contributed by atoms with Crippen molar-refractivity contribution in [3.63, 3.8) is 0 Å². The predicted octanol–water partition coefficient (Wildman–Crippen LogP) is 4.43. The minimum absolute atomic E-state index is 0.0698. The molecule has 4 nitrogen and oxygen atoms in total. The van der Waals surface area contributed by atoms with E-state index in [-0.39, 0.29) is 11.9 Å². The van der Waals surface area contributed by atoms with E-state index >= 15 is 0 Å². The summed E-state index contributed by atoms with van der Waals surface area (Å²) < 4.78 is 5.20. The number of amides is 1. The lowest BCUT2D eigenvalue weighted by Crippen LogP contribution is -2.44. The molecule has 1 N–H and O–H groups in total. The van der Waals surface area contributed by atoms with Gasteiger partial charge in [-0.15, -0.1) is 0 Å². The van der Waals surface area contributed by atoms with Gasteiger partial charge in [-0.3, -0.25) is 9.69 Å². The van der Waals surface area contributed by atoms with Gasteiger partial charge in [0.25, 0.3) is 0 Å². The van der Waals surface area contributed by atoms with Crippen molar-refractivity contribution in [2.75, 3.05) is 13.7 Å². The Bertz CT molecular complexity index is 966. The number of hydrogen-bond acceptors (Lipinski definition) is 3. The maximum atomic E-state index is 12.9. The van der Waals surface area contributed by atoms with Crippen molar-refractivity contribution in [3.8, 4) is 16.9 Å². The van der Waals surface area contributed by atoms with E-state index in [4.69, 9.17) is 4.74 Å². The third-order valence-electron chi connectivity index (χ3n) is 5.87. The number of carbonyl (C=O) groups is 1. The van der Waals surface area contributed by atoms with Crippen molar-refractivity contribution in [2.45, 2.75) is 32.5 Å². The number of nitrogens with zero attached hydrogens (tertiary/aromatic N) is 1. The Morgan fingerprint density at radius 2 is 1.50 bits per heavy atom. The third-order valence-corrected chi connectivity index (χ3v) is 5.87. The topological polar surface area (TPSA) is 41.6 Å². The average Bonchev–Trinajstić information content (AvgIpc) is 2.96. The molecule has 0 bridgehead atoms. The van der Waals surface area contributed by atoms with E-state index in [0.717, 1.165) is 25.3 Å². The van der Waals surface area contributed by atoms with E-state index in [0.29, 0.717) is 6.54 Å². The molecule has 1 heterocycles. The van der Waals surface area contributed by atoms with Crippen LogP contribution in [0.2, 0.25) is 0 Å². The van der Waals surface area contributed by atoms with Crippen LogP contribution < -0.4 is 10.1 Å². The number of rotatable bonds is 6. The largest absolute Gasteiger partial charge is 0.497 e. The highest BCUT2D eigenvalue weighted by atomic mass is 16.5. The van der Waals surface area contributed by atoms with Gasteiger partial charge in [-0.1, -0.05) is 60.7 Å². The number of ether oxygens (including phenoxy) is 1. The number of benzene rings is 3. The van der Waals surface area contributed by atoms with Crippen molar-refractivity contribution in [1.29, 1.82) is 0 Å². The highest BCUT2D eigenvalue weighted by molar-refractivity contribution is 5.81. The number of hydrogen-bond donors (Lipinski definition) is 1. The summed E-state index contributed by atoms with van der Waals surface area (Å²) in [5.41, 5.74) is 6.24. The Morgan fingerprint density at radius 3 is 2.07 bits per heavy atom. The molecule has 0 aliphatic carbocycles. The summed E-state index contributed by atoms with van der Waals surface area (Å²) >= 11 is 0. The zero-order chi connectivity index (χ0) is 20.9. The summed E-state index contributed by atoms with van der Waals surface area (Å²) in [5, 5.41) is 3.11. The Kier molecular flexibility index (Phi) is 6.15. The summed E-state index contributed by atoms with van der Waals surface area (Å²) in [4.78, 5) is 15.2. The van der Waals surface area contributed by atoms with Gasteiger partial charge < -0.3 is 10.1 Å². The molecule has 0 saturated heterocycles. The monoisotopic (exact) mass is 400 g/mol. The number of carbonyl (C=O) groups excluding carboxylic acids is 1. The second-order valence-corrected chi connectivity index (χ2v) is 7.78. The van der Waals surface area contributed by atoms with Crippen molar-refractivity contribution >= 4 is 5.91 Å². The second kappa shape index (κ2) is 9.14. The van der Waals surface area contributed by atoms with E-state index in [9.17, 15) is 4.79 Å². The first-order valence-electron chi connectivity index (χ1n) is 10.5. The van der Waals surface area contributed by atoms with Crippen LogP contribution in [0, 0.1) is 0 Å². The quantitative estimate of drug-likeness (QED) is 0.666. The molecule has 3 aromatic carbocycles. The molecule has 1 amide bonds. The van der Waals surface area contributed by atoms with Crippen molar-refractivity contribution < 1.29 is 9.53 Å². The van der Waals surface area contributed by atoms with E-state index in [1.54, 1.807) is 7.11 Å². The van der Waals surface area contributed by atoms with Crippen molar-refractivity contribution in [1.82, 2.24) is 10.2 Å². The molecule has 4 heteroatoms. The Hall–Kier alpha value is -3.11. The maximum absolute atomic E-state index is 12.9. The highest BCUT2D eigenvalue weighted by Crippen LogP contribution is 2.33. The summed E-state index contributed by atoms with van der Waals surface area (Å²) in [6.45, 7) is 4.14. The van der Waals surface area contributed by atoms with Gasteiger partial charge in [0, 0.05) is 19.6 Å². The van der Waals surface area contributed by atoms with Gasteiger partial charge in [0.05, 0.1) is 13.2 Å². The van der Waals surface area contributed by atoms with Gasteiger partial charge in [-0.05, 0) is 53.3 Å². The maximum Gasteiger partial charge on any atom is 0.237 e. The van der Waals surface area contributed by atoms with Crippen LogP contribution >= 0.6 is 0 Å². The van der Waals surface area contributed by atoms with Crippen molar-refractivity contribution in [3.05, 3.63) is 89.5 Å². The molecule has 1 unspecified atom stereocenters. The Morgan fingerprint density at radius 1 is 0.933 bits per heavy atom. The Balaban J connectivity index is 1.42. The van der Waals surface area contributed by atoms with Crippen LogP contribution in [-0.2, 0) is 24.3 Å². The zero-order valence-electron chi connectivity index (χ0n) is 17.6. The molecule has 0 aromatic heterocycles. The van der Waals surface area contributed by atoms with Crippen LogP contribution in [0.15, 0.2) is 72.8 Å². The van der Waals surface area contributed by atoms with Gasteiger partial charge >= 0.3 is 0 Å². The van der Waals surface area contributed by atoms with Crippen LogP contribution in [-0.4, -0.2) is 30.5 Å². The van der Waals surface area contributed by atoms with Gasteiger partial charge in [-0.25, -0.2) is 0 Å². The van der Waals surface area contributed by atoms with Crippen LogP contribution in [0.25, 0.3) is 11.1 Å². The molecule has 1 aliphatic rings. The highest BCUT2D eigenvalue weighted by Gasteiger charge is 2.26. The first kappa shape index (κ1) is 20.2. The van der Waals surface area contributed by atoms with Crippen molar-refractivity contribution in [2.24, 2.45) is 0 Å². The summed E-state index contributed by atoms with van der Waals surface area (Å²) in [5.74, 6) is 0.915. The fourth-order valence-electron chi connectivity index (χ4n) is 4.05. The predicted molar refractivity (Wildman–Crippen MR) is 120 cm³/mol. The van der Waals surface area contributed by atoms with Gasteiger partial charge in [-0.2, -0.15) is 0 Å². The molecule has 0 fully saturated rings. The fourth-order valence-corrected chi connectivity index (χ4v) is 4.05. The molecule has 0 radical (unpaired) electrons.